The second-order valence-corrected chi connectivity index (χ2v) is 5.49. The highest BCUT2D eigenvalue weighted by Crippen LogP contribution is 2.20. The molecule has 0 unspecified atom stereocenters. The van der Waals surface area contributed by atoms with Crippen molar-refractivity contribution in [3.05, 3.63) is 54.1 Å². The number of carbonyl (C=O) groups excluding carboxylic acids is 2. The molecule has 2 aromatic carbocycles. The zero-order valence-corrected chi connectivity index (χ0v) is 12.9. The quantitative estimate of drug-likeness (QED) is 0.503. The van der Waals surface area contributed by atoms with E-state index in [2.05, 4.69) is 5.32 Å². The Kier molecular flexibility index (Phi) is 5.43. The lowest BCUT2D eigenvalue weighted by Gasteiger charge is -2.09. The van der Waals surface area contributed by atoms with Crippen LogP contribution in [0.1, 0.15) is 10.4 Å². The first-order chi connectivity index (χ1) is 10.6. The molecule has 1 amide bonds. The summed E-state index contributed by atoms with van der Waals surface area (Å²) < 4.78 is 4.69. The van der Waals surface area contributed by atoms with Crippen LogP contribution in [-0.4, -0.2) is 24.7 Å². The molecule has 5 nitrogen and oxygen atoms in total. The third-order valence-corrected chi connectivity index (χ3v) is 3.87. The lowest BCUT2D eigenvalue weighted by atomic mass is 10.2. The van der Waals surface area contributed by atoms with Crippen LogP contribution in [0.5, 0.6) is 0 Å². The topological polar surface area (TPSA) is 81.4 Å². The zero-order valence-electron chi connectivity index (χ0n) is 12.0. The van der Waals surface area contributed by atoms with Gasteiger partial charge in [-0.1, -0.05) is 12.1 Å². The molecule has 0 atom stereocenters. The Labute approximate surface area is 132 Å². The Hall–Kier alpha value is -2.47. The van der Waals surface area contributed by atoms with Gasteiger partial charge in [0.2, 0.25) is 5.91 Å². The van der Waals surface area contributed by atoms with Crippen LogP contribution in [0.2, 0.25) is 0 Å². The van der Waals surface area contributed by atoms with Crippen LogP contribution in [0, 0.1) is 0 Å². The Bertz CT molecular complexity index is 671. The third kappa shape index (κ3) is 4.26. The molecule has 0 radical (unpaired) electrons. The van der Waals surface area contributed by atoms with E-state index in [1.165, 1.54) is 18.9 Å². The van der Waals surface area contributed by atoms with Crippen molar-refractivity contribution in [1.82, 2.24) is 0 Å². The van der Waals surface area contributed by atoms with E-state index in [0.717, 1.165) is 4.90 Å². The fourth-order valence-corrected chi connectivity index (χ4v) is 2.48. The van der Waals surface area contributed by atoms with Gasteiger partial charge in [0, 0.05) is 10.6 Å². The number of amides is 1. The average molecular weight is 316 g/mol. The molecule has 0 saturated carbocycles. The second kappa shape index (κ2) is 7.51. The molecule has 22 heavy (non-hydrogen) atoms. The van der Waals surface area contributed by atoms with Crippen LogP contribution in [0.25, 0.3) is 0 Å². The van der Waals surface area contributed by atoms with Crippen LogP contribution >= 0.6 is 11.8 Å². The largest absolute Gasteiger partial charge is 0.465 e. The van der Waals surface area contributed by atoms with Crippen molar-refractivity contribution in [1.29, 1.82) is 0 Å². The highest BCUT2D eigenvalue weighted by Gasteiger charge is 2.13. The fourth-order valence-electron chi connectivity index (χ4n) is 1.78. The number of carbonyl (C=O) groups is 2. The molecular weight excluding hydrogens is 300 g/mol. The smallest absolute Gasteiger partial charge is 0.339 e. The minimum atomic E-state index is -0.484. The van der Waals surface area contributed by atoms with E-state index in [4.69, 9.17) is 10.5 Å². The molecule has 2 rings (SSSR count). The number of ether oxygens (including phenoxy) is 1. The van der Waals surface area contributed by atoms with Crippen LogP contribution in [0.3, 0.4) is 0 Å². The van der Waals surface area contributed by atoms with E-state index < -0.39 is 5.97 Å². The van der Waals surface area contributed by atoms with Gasteiger partial charge in [-0.2, -0.15) is 0 Å². The van der Waals surface area contributed by atoms with E-state index in [9.17, 15) is 9.59 Å². The molecule has 2 aromatic rings. The maximum Gasteiger partial charge on any atom is 0.339 e. The monoisotopic (exact) mass is 316 g/mol. The van der Waals surface area contributed by atoms with Gasteiger partial charge in [0.1, 0.15) is 0 Å². The number of anilines is 2. The maximum atomic E-state index is 12.0. The lowest BCUT2D eigenvalue weighted by molar-refractivity contribution is -0.113. The van der Waals surface area contributed by atoms with Gasteiger partial charge in [-0.05, 0) is 36.4 Å². The number of methoxy groups -OCH3 is 1. The number of nitrogens with two attached hydrogens (primary N) is 1. The summed E-state index contributed by atoms with van der Waals surface area (Å²) in [5.74, 6) is -0.445. The van der Waals surface area contributed by atoms with Crippen LogP contribution < -0.4 is 11.1 Å². The number of esters is 1. The Morgan fingerprint density at radius 2 is 1.82 bits per heavy atom. The molecule has 0 aliphatic carbocycles. The molecule has 114 valence electrons. The van der Waals surface area contributed by atoms with Gasteiger partial charge in [-0.25, -0.2) is 4.79 Å². The Morgan fingerprint density at radius 3 is 2.50 bits per heavy atom. The molecule has 6 heteroatoms. The summed E-state index contributed by atoms with van der Waals surface area (Å²) in [5, 5.41) is 2.72. The minimum Gasteiger partial charge on any atom is -0.465 e. The summed E-state index contributed by atoms with van der Waals surface area (Å²) in [5.41, 5.74) is 7.06. The number of hydrogen-bond acceptors (Lipinski definition) is 5. The predicted molar refractivity (Wildman–Crippen MR) is 88.0 cm³/mol. The van der Waals surface area contributed by atoms with Crippen molar-refractivity contribution in [3.63, 3.8) is 0 Å². The molecular formula is C16H16N2O3S. The first-order valence-corrected chi connectivity index (χ1v) is 7.54. The SMILES string of the molecule is COC(=O)c1ccccc1NC(=O)CSc1ccc(N)cc1. The number of hydrogen-bond donors (Lipinski definition) is 2. The van der Waals surface area contributed by atoms with Crippen molar-refractivity contribution in [2.24, 2.45) is 0 Å². The van der Waals surface area contributed by atoms with Crippen molar-refractivity contribution in [2.45, 2.75) is 4.90 Å². The molecule has 0 heterocycles. The predicted octanol–water partition coefficient (Wildman–Crippen LogP) is 2.79. The fraction of sp³-hybridized carbons (Fsp3) is 0.125. The first-order valence-electron chi connectivity index (χ1n) is 6.55. The zero-order chi connectivity index (χ0) is 15.9. The number of nitrogens with one attached hydrogen (secondary N) is 1. The van der Waals surface area contributed by atoms with Gasteiger partial charge in [-0.15, -0.1) is 11.8 Å². The molecule has 0 spiro atoms. The number of benzene rings is 2. The maximum absolute atomic E-state index is 12.0. The van der Waals surface area contributed by atoms with E-state index in [-0.39, 0.29) is 11.7 Å². The van der Waals surface area contributed by atoms with Crippen LogP contribution in [0.4, 0.5) is 11.4 Å². The summed E-state index contributed by atoms with van der Waals surface area (Å²) in [6.07, 6.45) is 0. The number of thioether (sulfide) groups is 1. The number of para-hydroxylation sites is 1. The van der Waals surface area contributed by atoms with Crippen molar-refractivity contribution >= 4 is 35.0 Å². The highest BCUT2D eigenvalue weighted by atomic mass is 32.2. The third-order valence-electron chi connectivity index (χ3n) is 2.86. The standard InChI is InChI=1S/C16H16N2O3S/c1-21-16(20)13-4-2-3-5-14(13)18-15(19)10-22-12-8-6-11(17)7-9-12/h2-9H,10,17H2,1H3,(H,18,19). The normalized spacial score (nSPS) is 10.0. The van der Waals surface area contributed by atoms with Crippen molar-refractivity contribution < 1.29 is 14.3 Å². The Balaban J connectivity index is 1.97. The molecule has 0 aliphatic heterocycles. The summed E-state index contributed by atoms with van der Waals surface area (Å²) in [6.45, 7) is 0. The molecule has 0 aliphatic rings. The van der Waals surface area contributed by atoms with Crippen LogP contribution in [0.15, 0.2) is 53.4 Å². The van der Waals surface area contributed by atoms with Crippen molar-refractivity contribution in [2.75, 3.05) is 23.9 Å². The van der Waals surface area contributed by atoms with Gasteiger partial charge >= 0.3 is 5.97 Å². The summed E-state index contributed by atoms with van der Waals surface area (Å²) in [7, 11) is 1.30. The highest BCUT2D eigenvalue weighted by molar-refractivity contribution is 8.00. The lowest BCUT2D eigenvalue weighted by Crippen LogP contribution is -2.17. The van der Waals surface area contributed by atoms with E-state index in [0.29, 0.717) is 16.9 Å². The Morgan fingerprint density at radius 1 is 1.14 bits per heavy atom. The minimum absolute atomic E-state index is 0.196. The molecule has 0 bridgehead atoms. The molecule has 0 saturated heterocycles. The number of nitrogen functional groups attached to an aromatic ring is 1. The van der Waals surface area contributed by atoms with Crippen molar-refractivity contribution in [3.8, 4) is 0 Å². The summed E-state index contributed by atoms with van der Waals surface area (Å²) in [4.78, 5) is 24.6. The second-order valence-electron chi connectivity index (χ2n) is 4.44. The van der Waals surface area contributed by atoms with Gasteiger partial charge in [0.05, 0.1) is 24.1 Å². The summed E-state index contributed by atoms with van der Waals surface area (Å²) >= 11 is 1.39. The van der Waals surface area contributed by atoms with E-state index in [1.807, 2.05) is 12.1 Å². The van der Waals surface area contributed by atoms with Gasteiger partial charge in [0.15, 0.2) is 0 Å². The molecule has 0 fully saturated rings. The molecule has 0 aromatic heterocycles. The first kappa shape index (κ1) is 15.9. The van der Waals surface area contributed by atoms with E-state index in [1.54, 1.807) is 36.4 Å². The average Bonchev–Trinajstić information content (AvgIpc) is 2.54. The van der Waals surface area contributed by atoms with Gasteiger partial charge in [-0.3, -0.25) is 4.79 Å². The molecule has 3 N–H and O–H groups in total. The van der Waals surface area contributed by atoms with Gasteiger partial charge < -0.3 is 15.8 Å². The van der Waals surface area contributed by atoms with Crippen LogP contribution in [-0.2, 0) is 9.53 Å². The number of rotatable bonds is 5. The summed E-state index contributed by atoms with van der Waals surface area (Å²) in [6, 6.07) is 14.0. The van der Waals surface area contributed by atoms with E-state index >= 15 is 0 Å². The van der Waals surface area contributed by atoms with Gasteiger partial charge in [0.25, 0.3) is 0 Å².